The molecule has 2 saturated heterocycles. The second-order valence-corrected chi connectivity index (χ2v) is 6.29. The van der Waals surface area contributed by atoms with Crippen LogP contribution in [0.2, 0.25) is 5.02 Å². The molecule has 0 bridgehead atoms. The summed E-state index contributed by atoms with van der Waals surface area (Å²) in [5, 5.41) is 6.82. The van der Waals surface area contributed by atoms with E-state index in [1.165, 1.54) is 0 Å². The predicted molar refractivity (Wildman–Crippen MR) is 85.9 cm³/mol. The summed E-state index contributed by atoms with van der Waals surface area (Å²) >= 11 is 5.97. The van der Waals surface area contributed by atoms with Crippen LogP contribution in [0.3, 0.4) is 0 Å². The number of carbonyl (C=O) groups is 2. The summed E-state index contributed by atoms with van der Waals surface area (Å²) in [4.78, 5) is 26.3. The van der Waals surface area contributed by atoms with Gasteiger partial charge in [-0.2, -0.15) is 0 Å². The van der Waals surface area contributed by atoms with E-state index < -0.39 is 5.92 Å². The molecule has 6 heteroatoms. The van der Waals surface area contributed by atoms with E-state index in [-0.39, 0.29) is 11.8 Å². The molecular weight excluding hydrogens is 302 g/mol. The highest BCUT2D eigenvalue weighted by Gasteiger charge is 2.37. The van der Waals surface area contributed by atoms with Gasteiger partial charge in [0.25, 0.3) is 0 Å². The summed E-state index contributed by atoms with van der Waals surface area (Å²) in [6.07, 6.45) is 2.77. The Kier molecular flexibility index (Phi) is 4.64. The summed E-state index contributed by atoms with van der Waals surface area (Å²) in [5.74, 6) is -0.886. The van der Waals surface area contributed by atoms with Gasteiger partial charge in [-0.05, 0) is 44.0 Å². The number of amides is 2. The summed E-state index contributed by atoms with van der Waals surface area (Å²) < 4.78 is 0. The second-order valence-electron chi connectivity index (χ2n) is 5.85. The molecule has 1 aromatic carbocycles. The minimum atomic E-state index is -0.583. The summed E-state index contributed by atoms with van der Waals surface area (Å²) in [5.41, 5.74) is 0.755. The summed E-state index contributed by atoms with van der Waals surface area (Å²) in [6, 6.07) is 7.51. The maximum Gasteiger partial charge on any atom is 0.239 e. The average molecular weight is 322 g/mol. The van der Waals surface area contributed by atoms with Crippen molar-refractivity contribution >= 4 is 29.1 Å². The molecule has 2 fully saturated rings. The molecule has 2 heterocycles. The number of hydrogen-bond acceptors (Lipinski definition) is 3. The van der Waals surface area contributed by atoms with Crippen LogP contribution in [-0.4, -0.2) is 37.5 Å². The number of hydrogen-bond donors (Lipinski definition) is 2. The Labute approximate surface area is 135 Å². The molecule has 3 rings (SSSR count). The van der Waals surface area contributed by atoms with Crippen LogP contribution in [0.1, 0.15) is 19.3 Å². The lowest BCUT2D eigenvalue weighted by atomic mass is 10.1. The number of rotatable bonds is 4. The first kappa shape index (κ1) is 15.3. The number of benzene rings is 1. The molecule has 2 N–H and O–H groups in total. The van der Waals surface area contributed by atoms with Gasteiger partial charge in [-0.1, -0.05) is 17.7 Å². The van der Waals surface area contributed by atoms with Gasteiger partial charge in [-0.3, -0.25) is 9.59 Å². The van der Waals surface area contributed by atoms with Crippen LogP contribution in [0.5, 0.6) is 0 Å². The molecule has 0 aromatic heterocycles. The molecule has 2 aliphatic heterocycles. The first-order valence-electron chi connectivity index (χ1n) is 7.73. The van der Waals surface area contributed by atoms with Crippen molar-refractivity contribution in [3.8, 4) is 0 Å². The highest BCUT2D eigenvalue weighted by Crippen LogP contribution is 2.27. The lowest BCUT2D eigenvalue weighted by molar-refractivity contribution is -0.132. The van der Waals surface area contributed by atoms with Gasteiger partial charge in [0.05, 0.1) is 0 Å². The first-order valence-corrected chi connectivity index (χ1v) is 8.11. The molecule has 0 radical (unpaired) electrons. The fourth-order valence-corrected chi connectivity index (χ4v) is 3.29. The minimum absolute atomic E-state index is 0.140. The quantitative estimate of drug-likeness (QED) is 0.827. The van der Waals surface area contributed by atoms with E-state index in [2.05, 4.69) is 10.6 Å². The van der Waals surface area contributed by atoms with E-state index in [0.717, 1.165) is 25.1 Å². The van der Waals surface area contributed by atoms with Gasteiger partial charge in [-0.15, -0.1) is 0 Å². The Balaban J connectivity index is 1.59. The molecular formula is C16H20ClN3O2. The van der Waals surface area contributed by atoms with Crippen LogP contribution in [-0.2, 0) is 9.59 Å². The van der Waals surface area contributed by atoms with Crippen molar-refractivity contribution in [2.45, 2.75) is 25.3 Å². The van der Waals surface area contributed by atoms with Gasteiger partial charge in [0.1, 0.15) is 5.92 Å². The van der Waals surface area contributed by atoms with Gasteiger partial charge in [0.2, 0.25) is 11.8 Å². The smallest absolute Gasteiger partial charge is 0.239 e. The Morgan fingerprint density at radius 2 is 2.27 bits per heavy atom. The molecule has 2 unspecified atom stereocenters. The average Bonchev–Trinajstić information content (AvgIpc) is 3.14. The summed E-state index contributed by atoms with van der Waals surface area (Å²) in [6.45, 7) is 2.16. The third kappa shape index (κ3) is 3.25. The molecule has 118 valence electrons. The van der Waals surface area contributed by atoms with Gasteiger partial charge in [-0.25, -0.2) is 0 Å². The third-order valence-corrected chi connectivity index (χ3v) is 4.56. The highest BCUT2D eigenvalue weighted by atomic mass is 35.5. The Morgan fingerprint density at radius 1 is 1.41 bits per heavy atom. The van der Waals surface area contributed by atoms with Gasteiger partial charge in [0.15, 0.2) is 0 Å². The Bertz CT molecular complexity index is 572. The van der Waals surface area contributed by atoms with Crippen molar-refractivity contribution in [2.24, 2.45) is 5.92 Å². The van der Waals surface area contributed by atoms with Crippen molar-refractivity contribution in [1.82, 2.24) is 10.6 Å². The highest BCUT2D eigenvalue weighted by molar-refractivity contribution is 6.31. The van der Waals surface area contributed by atoms with Gasteiger partial charge < -0.3 is 15.5 Å². The normalized spacial score (nSPS) is 24.8. The lowest BCUT2D eigenvalue weighted by Crippen LogP contribution is -2.42. The van der Waals surface area contributed by atoms with Crippen molar-refractivity contribution in [3.63, 3.8) is 0 Å². The zero-order chi connectivity index (χ0) is 15.5. The molecule has 22 heavy (non-hydrogen) atoms. The Morgan fingerprint density at radius 3 is 3.00 bits per heavy atom. The Hall–Kier alpha value is -1.59. The maximum absolute atomic E-state index is 12.5. The van der Waals surface area contributed by atoms with Gasteiger partial charge >= 0.3 is 0 Å². The fraction of sp³-hybridized carbons (Fsp3) is 0.500. The fourth-order valence-electron chi connectivity index (χ4n) is 3.10. The first-order chi connectivity index (χ1) is 10.6. The largest absolute Gasteiger partial charge is 0.354 e. The zero-order valence-electron chi connectivity index (χ0n) is 12.3. The van der Waals surface area contributed by atoms with Crippen LogP contribution >= 0.6 is 11.6 Å². The van der Waals surface area contributed by atoms with Crippen molar-refractivity contribution in [2.75, 3.05) is 24.5 Å². The zero-order valence-corrected chi connectivity index (χ0v) is 13.1. The number of carbonyl (C=O) groups excluding carboxylic acids is 2. The van der Waals surface area contributed by atoms with Crippen molar-refractivity contribution in [3.05, 3.63) is 29.3 Å². The molecule has 2 amide bonds. The standard InChI is InChI=1S/C16H20ClN3O2/c17-11-3-1-5-13(9-11)20-8-6-14(16(20)22)15(21)19-10-12-4-2-7-18-12/h1,3,5,9,12,14,18H,2,4,6-8,10H2,(H,19,21). The topological polar surface area (TPSA) is 61.4 Å². The van der Waals surface area contributed by atoms with Crippen molar-refractivity contribution in [1.29, 1.82) is 0 Å². The molecule has 1 aromatic rings. The summed E-state index contributed by atoms with van der Waals surface area (Å²) in [7, 11) is 0. The number of nitrogens with one attached hydrogen (secondary N) is 2. The van der Waals surface area contributed by atoms with E-state index in [9.17, 15) is 9.59 Å². The molecule has 0 aliphatic carbocycles. The van der Waals surface area contributed by atoms with Gasteiger partial charge in [0, 0.05) is 29.8 Å². The molecule has 2 aliphatic rings. The second kappa shape index (κ2) is 6.67. The van der Waals surface area contributed by atoms with Crippen LogP contribution in [0.15, 0.2) is 24.3 Å². The third-order valence-electron chi connectivity index (χ3n) is 4.33. The molecule has 0 spiro atoms. The molecule has 5 nitrogen and oxygen atoms in total. The maximum atomic E-state index is 12.5. The molecule has 0 saturated carbocycles. The van der Waals surface area contributed by atoms with E-state index in [1.54, 1.807) is 17.0 Å². The number of nitrogens with zero attached hydrogens (tertiary/aromatic N) is 1. The number of halogens is 1. The van der Waals surface area contributed by atoms with E-state index in [0.29, 0.717) is 30.6 Å². The van der Waals surface area contributed by atoms with Crippen molar-refractivity contribution < 1.29 is 9.59 Å². The predicted octanol–water partition coefficient (Wildman–Crippen LogP) is 1.56. The molecule has 2 atom stereocenters. The minimum Gasteiger partial charge on any atom is -0.354 e. The van der Waals surface area contributed by atoms with Crippen LogP contribution < -0.4 is 15.5 Å². The SMILES string of the molecule is O=C(NCC1CCCN1)C1CCN(c2cccc(Cl)c2)C1=O. The van der Waals surface area contributed by atoms with E-state index in [1.807, 2.05) is 12.1 Å². The van der Waals surface area contributed by atoms with E-state index >= 15 is 0 Å². The monoisotopic (exact) mass is 321 g/mol. The number of anilines is 1. The van der Waals surface area contributed by atoms with Crippen LogP contribution in [0.25, 0.3) is 0 Å². The lowest BCUT2D eigenvalue weighted by Gasteiger charge is -2.17. The van der Waals surface area contributed by atoms with Crippen LogP contribution in [0.4, 0.5) is 5.69 Å². The van der Waals surface area contributed by atoms with Crippen LogP contribution in [0, 0.1) is 5.92 Å². The van der Waals surface area contributed by atoms with E-state index in [4.69, 9.17) is 11.6 Å².